The number of unbranched alkanes of at least 4 members (excludes halogenated alkanes) is 15. The molecule has 0 spiro atoms. The van der Waals surface area contributed by atoms with Crippen LogP contribution in [0.15, 0.2) is 0 Å². The minimum atomic E-state index is -0.986. The summed E-state index contributed by atoms with van der Waals surface area (Å²) in [6, 6.07) is 0. The van der Waals surface area contributed by atoms with Gasteiger partial charge in [0.15, 0.2) is 0 Å². The van der Waals surface area contributed by atoms with Crippen molar-refractivity contribution < 1.29 is 0 Å². The molecule has 0 heterocycles. The van der Waals surface area contributed by atoms with E-state index in [2.05, 4.69) is 41.5 Å². The second-order valence-corrected chi connectivity index (χ2v) is 23.7. The summed E-state index contributed by atoms with van der Waals surface area (Å²) in [6.07, 6.45) is 45.9. The Morgan fingerprint density at radius 3 is 0.553 bits per heavy atom. The third kappa shape index (κ3) is 20.7. The summed E-state index contributed by atoms with van der Waals surface area (Å²) in [5, 5.41) is 0. The first-order valence-corrected chi connectivity index (χ1v) is 24.2. The van der Waals surface area contributed by atoms with E-state index in [0.717, 1.165) is 0 Å². The standard InChI is InChI=1S/C36H80P2/c1-7-13-29-37(30-14-8-2,31-15-9-3)35-27-25-23-21-19-20-22-24-26-28-36-38(32-16-10-4,33-17-11-5)34-18-12-6/h37-38H,7-36H2,1-6H3. The zero-order chi connectivity index (χ0) is 28.2. The molecule has 0 aliphatic heterocycles. The Bertz CT molecular complexity index is 375. The summed E-state index contributed by atoms with van der Waals surface area (Å²) in [4.78, 5) is 0. The molecule has 0 aromatic rings. The average molecular weight is 575 g/mol. The Kier molecular flexibility index (Phi) is 28.6. The van der Waals surface area contributed by atoms with Gasteiger partial charge in [0.05, 0.1) is 0 Å². The van der Waals surface area contributed by atoms with E-state index < -0.39 is 14.5 Å². The number of hydrogen-bond acceptors (Lipinski definition) is 0. The minimum absolute atomic E-state index is 0.986. The maximum absolute atomic E-state index is 2.41. The van der Waals surface area contributed by atoms with Gasteiger partial charge in [-0.15, -0.1) is 0 Å². The first-order valence-electron chi connectivity index (χ1n) is 18.6. The number of rotatable bonds is 31. The molecule has 0 aliphatic carbocycles. The number of hydrogen-bond donors (Lipinski definition) is 0. The molecule has 0 saturated heterocycles. The van der Waals surface area contributed by atoms with Crippen molar-refractivity contribution in [1.29, 1.82) is 0 Å². The van der Waals surface area contributed by atoms with Crippen molar-refractivity contribution in [2.45, 2.75) is 183 Å². The zero-order valence-corrected chi connectivity index (χ0v) is 30.2. The fourth-order valence-corrected chi connectivity index (χ4v) is 18.8. The first kappa shape index (κ1) is 38.9. The fourth-order valence-electron chi connectivity index (χ4n) is 7.22. The van der Waals surface area contributed by atoms with Crippen molar-refractivity contribution in [3.63, 3.8) is 0 Å². The van der Waals surface area contributed by atoms with Crippen molar-refractivity contribution in [2.75, 3.05) is 49.3 Å². The van der Waals surface area contributed by atoms with Gasteiger partial charge in [-0.3, -0.25) is 0 Å². The molecule has 0 radical (unpaired) electrons. The van der Waals surface area contributed by atoms with Gasteiger partial charge in [0.2, 0.25) is 0 Å². The van der Waals surface area contributed by atoms with Crippen LogP contribution < -0.4 is 0 Å². The van der Waals surface area contributed by atoms with E-state index >= 15 is 0 Å². The molecule has 0 atom stereocenters. The van der Waals surface area contributed by atoms with Crippen LogP contribution in [0.25, 0.3) is 0 Å². The topological polar surface area (TPSA) is 0 Å². The maximum atomic E-state index is 2.41. The van der Waals surface area contributed by atoms with Crippen LogP contribution in [0.5, 0.6) is 0 Å². The predicted octanol–water partition coefficient (Wildman–Crippen LogP) is 13.2. The van der Waals surface area contributed by atoms with Gasteiger partial charge in [-0.05, 0) is 0 Å². The quantitative estimate of drug-likeness (QED) is 0.0570. The SMILES string of the molecule is CCCC[PH](CCCC)(CCCC)CCCCCCCCCCCC[PH](CCCC)(CCCC)CCCC. The Balaban J connectivity index is 4.15. The van der Waals surface area contributed by atoms with Gasteiger partial charge in [-0.1, -0.05) is 0 Å². The molecule has 234 valence electrons. The van der Waals surface area contributed by atoms with Crippen molar-refractivity contribution >= 4 is 14.5 Å². The molecular weight excluding hydrogens is 494 g/mol. The summed E-state index contributed by atoms with van der Waals surface area (Å²) in [5.41, 5.74) is 0. The summed E-state index contributed by atoms with van der Waals surface area (Å²) in [7, 11) is -1.97. The van der Waals surface area contributed by atoms with Gasteiger partial charge < -0.3 is 0 Å². The van der Waals surface area contributed by atoms with E-state index in [1.807, 2.05) is 0 Å². The van der Waals surface area contributed by atoms with E-state index in [4.69, 9.17) is 0 Å². The summed E-state index contributed by atoms with van der Waals surface area (Å²) in [6.45, 7) is 14.4. The molecule has 0 saturated carbocycles. The molecule has 0 fully saturated rings. The van der Waals surface area contributed by atoms with E-state index in [1.54, 1.807) is 62.1 Å². The molecule has 0 bridgehead atoms. The summed E-state index contributed by atoms with van der Waals surface area (Å²) < 4.78 is 0. The van der Waals surface area contributed by atoms with E-state index in [0.29, 0.717) is 0 Å². The van der Waals surface area contributed by atoms with Crippen LogP contribution in [0.1, 0.15) is 183 Å². The van der Waals surface area contributed by atoms with Crippen LogP contribution in [0.2, 0.25) is 0 Å². The molecule has 0 aromatic heterocycles. The molecule has 0 amide bonds. The van der Waals surface area contributed by atoms with E-state index in [9.17, 15) is 0 Å². The van der Waals surface area contributed by atoms with Crippen LogP contribution in [0, 0.1) is 0 Å². The van der Waals surface area contributed by atoms with Gasteiger partial charge >= 0.3 is 247 Å². The van der Waals surface area contributed by atoms with Crippen LogP contribution >= 0.6 is 14.5 Å². The van der Waals surface area contributed by atoms with Gasteiger partial charge in [0, 0.05) is 0 Å². The Morgan fingerprint density at radius 1 is 0.211 bits per heavy atom. The van der Waals surface area contributed by atoms with Crippen LogP contribution in [-0.2, 0) is 0 Å². The fraction of sp³-hybridized carbons (Fsp3) is 1.00. The van der Waals surface area contributed by atoms with E-state index in [-0.39, 0.29) is 0 Å². The van der Waals surface area contributed by atoms with Crippen molar-refractivity contribution in [2.24, 2.45) is 0 Å². The predicted molar refractivity (Wildman–Crippen MR) is 191 cm³/mol. The second-order valence-electron chi connectivity index (χ2n) is 13.7. The Labute approximate surface area is 246 Å². The van der Waals surface area contributed by atoms with Crippen LogP contribution in [0.3, 0.4) is 0 Å². The molecule has 0 aromatic carbocycles. The van der Waals surface area contributed by atoms with Crippen molar-refractivity contribution in [3.05, 3.63) is 0 Å². The monoisotopic (exact) mass is 575 g/mol. The summed E-state index contributed by atoms with van der Waals surface area (Å²) >= 11 is 0. The molecule has 2 heteroatoms. The van der Waals surface area contributed by atoms with Gasteiger partial charge in [0.1, 0.15) is 0 Å². The first-order chi connectivity index (χ1) is 18.6. The van der Waals surface area contributed by atoms with Crippen LogP contribution in [0.4, 0.5) is 0 Å². The van der Waals surface area contributed by atoms with E-state index in [1.165, 1.54) is 128 Å². The molecule has 0 nitrogen and oxygen atoms in total. The molecule has 0 N–H and O–H groups in total. The molecule has 0 aliphatic rings. The zero-order valence-electron chi connectivity index (χ0n) is 28.2. The Morgan fingerprint density at radius 2 is 0.368 bits per heavy atom. The van der Waals surface area contributed by atoms with Crippen molar-refractivity contribution in [1.82, 2.24) is 0 Å². The van der Waals surface area contributed by atoms with Crippen LogP contribution in [-0.4, -0.2) is 49.3 Å². The second kappa shape index (κ2) is 28.0. The van der Waals surface area contributed by atoms with Crippen molar-refractivity contribution in [3.8, 4) is 0 Å². The van der Waals surface area contributed by atoms with Gasteiger partial charge in [0.25, 0.3) is 0 Å². The molecule has 0 rings (SSSR count). The summed E-state index contributed by atoms with van der Waals surface area (Å²) in [5.74, 6) is 0. The Hall–Kier alpha value is 0.860. The van der Waals surface area contributed by atoms with Gasteiger partial charge in [-0.2, -0.15) is 0 Å². The average Bonchev–Trinajstić information content (AvgIpc) is 2.94. The third-order valence-electron chi connectivity index (χ3n) is 10.0. The molecule has 0 unspecified atom stereocenters. The third-order valence-corrected chi connectivity index (χ3v) is 21.3. The normalized spacial score (nSPS) is 13.3. The van der Waals surface area contributed by atoms with Gasteiger partial charge in [-0.25, -0.2) is 0 Å². The molecule has 38 heavy (non-hydrogen) atoms. The molecular formula is C36H80P2.